The van der Waals surface area contributed by atoms with Gasteiger partial charge in [-0.2, -0.15) is 0 Å². The minimum Gasteiger partial charge on any atom is -0.289 e. The third-order valence-electron chi connectivity index (χ3n) is 7.77. The Kier molecular flexibility index (Phi) is 8.11. The molecule has 0 aromatic carbocycles. The first-order valence-electron chi connectivity index (χ1n) is 11.6. The van der Waals surface area contributed by atoms with Crippen LogP contribution in [-0.4, -0.2) is 50.8 Å². The second-order valence-corrected chi connectivity index (χ2v) is 19.2. The van der Waals surface area contributed by atoms with E-state index in [1.165, 1.54) is 0 Å². The maximum Gasteiger partial charge on any atom is 0.216 e. The van der Waals surface area contributed by atoms with Crippen molar-refractivity contribution in [3.63, 3.8) is 0 Å². The molecular formula is C24H45N2OPSi. The first-order valence-corrected chi connectivity index (χ1v) is 15.6. The molecule has 1 saturated heterocycles. The molecule has 2 fully saturated rings. The molecule has 166 valence electrons. The average molecular weight is 437 g/mol. The van der Waals surface area contributed by atoms with E-state index >= 15 is 0 Å². The van der Waals surface area contributed by atoms with Crippen LogP contribution in [0.25, 0.3) is 0 Å². The Labute approximate surface area is 182 Å². The molecule has 5 heteroatoms. The fourth-order valence-corrected chi connectivity index (χ4v) is 13.6. The van der Waals surface area contributed by atoms with Crippen LogP contribution in [0.15, 0.2) is 12.2 Å². The Morgan fingerprint density at radius 2 is 1.48 bits per heavy atom. The fourth-order valence-electron chi connectivity index (χ4n) is 5.55. The Balaban J connectivity index is 2.05. The van der Waals surface area contributed by atoms with E-state index in [1.807, 2.05) is 14.1 Å². The van der Waals surface area contributed by atoms with E-state index in [1.54, 1.807) is 0 Å². The molecule has 2 aliphatic rings. The summed E-state index contributed by atoms with van der Waals surface area (Å²) in [6.45, 7) is 20.7. The van der Waals surface area contributed by atoms with E-state index in [0.717, 1.165) is 19.3 Å². The highest BCUT2D eigenvalue weighted by molar-refractivity contribution is 7.59. The molecule has 2 rings (SSSR count). The van der Waals surface area contributed by atoms with Crippen molar-refractivity contribution in [3.05, 3.63) is 12.2 Å². The topological polar surface area (TPSA) is 23.6 Å². The standard InChI is InChI=1S/C24H45N2OPSi/c1-18(2)29(19(3)4,20(5)6)16-13-24-22(8)23(24)12-11-21(7)17-28(27)25(9)14-15-26(28)10/h11-12,18-24H,14-15,17H2,1-10H3/b12-11+/t21-,22-,23+,24+/m1/s1. The van der Waals surface area contributed by atoms with Gasteiger partial charge in [0, 0.05) is 25.2 Å². The van der Waals surface area contributed by atoms with Gasteiger partial charge in [0.25, 0.3) is 0 Å². The molecule has 0 spiro atoms. The van der Waals surface area contributed by atoms with Gasteiger partial charge >= 0.3 is 0 Å². The minimum atomic E-state index is -2.35. The van der Waals surface area contributed by atoms with Gasteiger partial charge in [-0.05, 0) is 48.5 Å². The van der Waals surface area contributed by atoms with Crippen molar-refractivity contribution < 1.29 is 4.57 Å². The van der Waals surface area contributed by atoms with E-state index in [-0.39, 0.29) is 0 Å². The van der Waals surface area contributed by atoms with Crippen LogP contribution >= 0.6 is 7.44 Å². The molecule has 0 aromatic rings. The summed E-state index contributed by atoms with van der Waals surface area (Å²) >= 11 is 0. The molecule has 0 radical (unpaired) electrons. The van der Waals surface area contributed by atoms with Crippen molar-refractivity contribution in [2.75, 3.05) is 33.3 Å². The maximum absolute atomic E-state index is 13.3. The Morgan fingerprint density at radius 1 is 1.00 bits per heavy atom. The fraction of sp³-hybridized carbons (Fsp3) is 0.833. The third kappa shape index (κ3) is 4.95. The highest BCUT2D eigenvalue weighted by Gasteiger charge is 2.46. The predicted octanol–water partition coefficient (Wildman–Crippen LogP) is 6.35. The van der Waals surface area contributed by atoms with E-state index in [4.69, 9.17) is 0 Å². The number of nitrogens with zero attached hydrogens (tertiary/aromatic N) is 2. The summed E-state index contributed by atoms with van der Waals surface area (Å²) in [5, 5.41) is 0. The van der Waals surface area contributed by atoms with Gasteiger partial charge < -0.3 is 0 Å². The number of allylic oxidation sites excluding steroid dienone is 2. The summed E-state index contributed by atoms with van der Waals surface area (Å²) in [6.07, 6.45) is 5.43. The molecule has 1 aliphatic heterocycles. The van der Waals surface area contributed by atoms with Crippen molar-refractivity contribution in [3.8, 4) is 11.5 Å². The number of rotatable bonds is 7. The van der Waals surface area contributed by atoms with E-state index in [9.17, 15) is 4.57 Å². The van der Waals surface area contributed by atoms with Crippen LogP contribution in [0.1, 0.15) is 55.4 Å². The van der Waals surface area contributed by atoms with Crippen LogP contribution in [-0.2, 0) is 4.57 Å². The zero-order valence-corrected chi connectivity index (χ0v) is 22.5. The second-order valence-electron chi connectivity index (χ2n) is 10.6. The highest BCUT2D eigenvalue weighted by atomic mass is 31.2. The molecule has 3 nitrogen and oxygen atoms in total. The zero-order valence-electron chi connectivity index (χ0n) is 20.6. The predicted molar refractivity (Wildman–Crippen MR) is 131 cm³/mol. The van der Waals surface area contributed by atoms with Crippen LogP contribution in [0.2, 0.25) is 16.6 Å². The summed E-state index contributed by atoms with van der Waals surface area (Å²) < 4.78 is 17.4. The summed E-state index contributed by atoms with van der Waals surface area (Å²) in [4.78, 5) is 0. The molecule has 0 N–H and O–H groups in total. The van der Waals surface area contributed by atoms with E-state index in [2.05, 4.69) is 88.3 Å². The lowest BCUT2D eigenvalue weighted by Gasteiger charge is -2.38. The molecule has 29 heavy (non-hydrogen) atoms. The summed E-state index contributed by atoms with van der Waals surface area (Å²) in [7, 11) is 0.0163. The van der Waals surface area contributed by atoms with Gasteiger partial charge in [-0.25, -0.2) is 9.34 Å². The lowest BCUT2D eigenvalue weighted by atomic mass is 10.1. The highest BCUT2D eigenvalue weighted by Crippen LogP contribution is 2.56. The van der Waals surface area contributed by atoms with Gasteiger partial charge in [-0.15, -0.1) is 11.5 Å². The van der Waals surface area contributed by atoms with Gasteiger partial charge in [0.2, 0.25) is 7.44 Å². The second kappa shape index (κ2) is 9.43. The third-order valence-corrected chi connectivity index (χ3v) is 17.7. The van der Waals surface area contributed by atoms with Gasteiger partial charge in [0.1, 0.15) is 8.07 Å². The summed E-state index contributed by atoms with van der Waals surface area (Å²) in [5.74, 6) is 5.81. The van der Waals surface area contributed by atoms with Crippen molar-refractivity contribution >= 4 is 15.5 Å². The van der Waals surface area contributed by atoms with Gasteiger partial charge in [-0.3, -0.25) is 4.57 Å². The molecule has 0 bridgehead atoms. The maximum atomic E-state index is 13.3. The number of hydrogen-bond donors (Lipinski definition) is 0. The van der Waals surface area contributed by atoms with Crippen molar-refractivity contribution in [2.24, 2.45) is 23.7 Å². The molecule has 1 saturated carbocycles. The summed E-state index contributed by atoms with van der Waals surface area (Å²) in [6, 6.07) is 0. The first kappa shape index (κ1) is 24.9. The van der Waals surface area contributed by atoms with Crippen LogP contribution < -0.4 is 0 Å². The van der Waals surface area contributed by atoms with E-state index < -0.39 is 15.5 Å². The molecule has 1 heterocycles. The normalized spacial score (nSPS) is 29.1. The zero-order chi connectivity index (χ0) is 22.1. The quantitative estimate of drug-likeness (QED) is 0.201. The average Bonchev–Trinajstić information content (AvgIpc) is 3.16. The van der Waals surface area contributed by atoms with Crippen molar-refractivity contribution in [2.45, 2.75) is 72.0 Å². The van der Waals surface area contributed by atoms with Crippen LogP contribution in [0.5, 0.6) is 0 Å². The summed E-state index contributed by atoms with van der Waals surface area (Å²) in [5.41, 5.74) is 5.99. The van der Waals surface area contributed by atoms with Gasteiger partial charge in [-0.1, -0.05) is 67.5 Å². The van der Waals surface area contributed by atoms with Crippen LogP contribution in [0, 0.1) is 35.1 Å². The molecule has 0 amide bonds. The lowest BCUT2D eigenvalue weighted by Crippen LogP contribution is -2.43. The monoisotopic (exact) mass is 436 g/mol. The van der Waals surface area contributed by atoms with Crippen molar-refractivity contribution in [1.29, 1.82) is 0 Å². The minimum absolute atomic E-state index is 0.334. The molecule has 1 aliphatic carbocycles. The number of hydrogen-bond acceptors (Lipinski definition) is 1. The molecule has 0 unspecified atom stereocenters. The molecule has 0 aromatic heterocycles. The number of likely N-dealkylation sites (N-methyl/N-ethyl adjacent to an activating group) is 2. The van der Waals surface area contributed by atoms with Crippen molar-refractivity contribution in [1.82, 2.24) is 9.34 Å². The smallest absolute Gasteiger partial charge is 0.216 e. The van der Waals surface area contributed by atoms with E-state index in [0.29, 0.717) is 40.3 Å². The SMILES string of the molecule is CC(C)[Si](C#C[C@H]1[C@H](C)[C@@H]1/C=C/[C@@H](C)CP1(=O)N(C)CCN1C)(C(C)C)C(C)C. The lowest BCUT2D eigenvalue weighted by molar-refractivity contribution is 0.482. The Morgan fingerprint density at radius 3 is 1.93 bits per heavy atom. The van der Waals surface area contributed by atoms with Gasteiger partial charge in [0.15, 0.2) is 0 Å². The van der Waals surface area contributed by atoms with Gasteiger partial charge in [0.05, 0.1) is 0 Å². The Hall–Kier alpha value is -0.333. The van der Waals surface area contributed by atoms with Crippen LogP contribution in [0.3, 0.4) is 0 Å². The van der Waals surface area contributed by atoms with Crippen LogP contribution in [0.4, 0.5) is 0 Å². The molecular weight excluding hydrogens is 391 g/mol. The largest absolute Gasteiger partial charge is 0.289 e. The first-order chi connectivity index (χ1) is 13.4. The Bertz CT molecular complexity index is 670. The molecule has 4 atom stereocenters.